The van der Waals surface area contributed by atoms with Gasteiger partial charge in [0.05, 0.1) is 12.5 Å². The molecule has 8 heteroatoms. The number of nitrogens with two attached hydrogens (primary N) is 1. The van der Waals surface area contributed by atoms with Gasteiger partial charge in [-0.15, -0.1) is 0 Å². The Bertz CT molecular complexity index is 1100. The van der Waals surface area contributed by atoms with Crippen molar-refractivity contribution in [2.75, 3.05) is 12.8 Å². The molecule has 0 spiro atoms. The third-order valence-electron chi connectivity index (χ3n) is 4.43. The molecule has 3 aromatic rings. The molecule has 27 heavy (non-hydrogen) atoms. The van der Waals surface area contributed by atoms with Crippen molar-refractivity contribution in [1.29, 1.82) is 5.26 Å². The number of rotatable bonds is 5. The van der Waals surface area contributed by atoms with Crippen LogP contribution in [-0.2, 0) is 13.0 Å². The number of anilines is 1. The van der Waals surface area contributed by atoms with Crippen LogP contribution in [0, 0.1) is 16.5 Å². The van der Waals surface area contributed by atoms with E-state index in [-0.39, 0.29) is 29.0 Å². The van der Waals surface area contributed by atoms with Gasteiger partial charge < -0.3 is 15.7 Å². The minimum absolute atomic E-state index is 0.0207. The van der Waals surface area contributed by atoms with Crippen molar-refractivity contribution in [3.63, 3.8) is 0 Å². The first kappa shape index (κ1) is 18.4. The van der Waals surface area contributed by atoms with Gasteiger partial charge >= 0.3 is 0 Å². The maximum Gasteiger partial charge on any atom is 0.260 e. The van der Waals surface area contributed by atoms with Crippen molar-refractivity contribution in [2.24, 2.45) is 0 Å². The Kier molecular flexibility index (Phi) is 5.09. The van der Waals surface area contributed by atoms with Gasteiger partial charge in [0.1, 0.15) is 23.2 Å². The third-order valence-corrected chi connectivity index (χ3v) is 4.43. The van der Waals surface area contributed by atoms with E-state index in [4.69, 9.17) is 10.5 Å². The molecule has 0 saturated carbocycles. The molecule has 0 fully saturated rings. The van der Waals surface area contributed by atoms with E-state index in [1.807, 2.05) is 30.3 Å². The highest BCUT2D eigenvalue weighted by molar-refractivity contribution is 5.92. The van der Waals surface area contributed by atoms with Crippen LogP contribution in [0.4, 0.5) is 11.5 Å². The second-order valence-electron chi connectivity index (χ2n) is 6.00. The molecule has 1 unspecified atom stereocenters. The van der Waals surface area contributed by atoms with Crippen LogP contribution in [0.1, 0.15) is 11.1 Å². The summed E-state index contributed by atoms with van der Waals surface area (Å²) in [6.07, 6.45) is 0.496. The third kappa shape index (κ3) is 3.47. The van der Waals surface area contributed by atoms with Gasteiger partial charge in [-0.1, -0.05) is 12.1 Å². The Balaban J connectivity index is 2.08. The van der Waals surface area contributed by atoms with Crippen LogP contribution in [0.25, 0.3) is 10.8 Å². The summed E-state index contributed by atoms with van der Waals surface area (Å²) in [6, 6.07) is 13.5. The molecule has 0 aliphatic carbocycles. The van der Waals surface area contributed by atoms with Crippen LogP contribution in [0.5, 0.6) is 5.75 Å². The first-order valence-electron chi connectivity index (χ1n) is 8.18. The zero-order chi connectivity index (χ0) is 19.6. The molecule has 1 heterocycles. The number of hydrogen-bond acceptors (Lipinski definition) is 6. The van der Waals surface area contributed by atoms with Gasteiger partial charge in [-0.05, 0) is 30.2 Å². The van der Waals surface area contributed by atoms with Crippen LogP contribution >= 0.6 is 0 Å². The van der Waals surface area contributed by atoms with Gasteiger partial charge in [0.25, 0.3) is 5.56 Å². The number of nitriles is 1. The van der Waals surface area contributed by atoms with Crippen molar-refractivity contribution in [3.05, 3.63) is 69.2 Å². The number of pyridine rings is 1. The highest BCUT2D eigenvalue weighted by Gasteiger charge is 2.16. The number of benzene rings is 2. The summed E-state index contributed by atoms with van der Waals surface area (Å²) >= 11 is 0. The summed E-state index contributed by atoms with van der Waals surface area (Å²) in [6.45, 7) is 0.250. The number of fused-ring (bicyclic) bond motifs is 1. The van der Waals surface area contributed by atoms with E-state index in [9.17, 15) is 20.5 Å². The molecule has 138 valence electrons. The molecular formula is C19H18N4O4. The lowest BCUT2D eigenvalue weighted by Crippen LogP contribution is -2.99. The second kappa shape index (κ2) is 7.47. The lowest BCUT2D eigenvalue weighted by molar-refractivity contribution is -0.991. The van der Waals surface area contributed by atoms with Crippen LogP contribution < -0.4 is 21.3 Å². The lowest BCUT2D eigenvalue weighted by atomic mass is 10.1. The van der Waals surface area contributed by atoms with Gasteiger partial charge in [0.15, 0.2) is 5.69 Å². The second-order valence-corrected chi connectivity index (χ2v) is 6.00. The first-order chi connectivity index (χ1) is 13.0. The van der Waals surface area contributed by atoms with Crippen molar-refractivity contribution in [1.82, 2.24) is 4.57 Å². The number of nitrogens with zero attached hydrogens (tertiary/aromatic N) is 2. The molecule has 4 N–H and O–H groups in total. The fourth-order valence-corrected chi connectivity index (χ4v) is 3.01. The quantitative estimate of drug-likeness (QED) is 0.580. The topological polar surface area (TPSA) is 129 Å². The minimum Gasteiger partial charge on any atom is -0.595 e. The molecule has 0 saturated heterocycles. The predicted molar refractivity (Wildman–Crippen MR) is 99.8 cm³/mol. The van der Waals surface area contributed by atoms with Crippen molar-refractivity contribution < 1.29 is 15.2 Å². The maximum absolute atomic E-state index is 12.9. The summed E-state index contributed by atoms with van der Waals surface area (Å²) in [4.78, 5) is 12.9. The van der Waals surface area contributed by atoms with E-state index in [2.05, 4.69) is 0 Å². The Morgan fingerprint density at radius 3 is 2.74 bits per heavy atom. The highest BCUT2D eigenvalue weighted by Crippen LogP contribution is 2.23. The minimum atomic E-state index is -1.14. The fraction of sp³-hybridized carbons (Fsp3) is 0.158. The number of methoxy groups -OCH3 is 1. The number of ether oxygens (including phenoxy) is 1. The maximum atomic E-state index is 12.9. The number of hydrogen-bond donors (Lipinski definition) is 3. The van der Waals surface area contributed by atoms with Gasteiger partial charge in [-0.2, -0.15) is 10.5 Å². The summed E-state index contributed by atoms with van der Waals surface area (Å²) in [5.41, 5.74) is 6.74. The van der Waals surface area contributed by atoms with Crippen LogP contribution in [-0.4, -0.2) is 16.9 Å². The van der Waals surface area contributed by atoms with E-state index >= 15 is 0 Å². The lowest BCUT2D eigenvalue weighted by Gasteiger charge is -2.16. The van der Waals surface area contributed by atoms with E-state index in [1.54, 1.807) is 7.11 Å². The number of quaternary nitrogens is 1. The van der Waals surface area contributed by atoms with Crippen molar-refractivity contribution >= 4 is 22.3 Å². The van der Waals surface area contributed by atoms with Crippen molar-refractivity contribution in [3.8, 4) is 11.8 Å². The number of aryl methyl sites for hydroxylation is 1. The summed E-state index contributed by atoms with van der Waals surface area (Å²) in [5, 5.41) is 29.2. The number of nitrogens with one attached hydrogen (secondary N) is 1. The molecule has 0 aliphatic rings. The van der Waals surface area contributed by atoms with E-state index in [0.29, 0.717) is 17.6 Å². The largest absolute Gasteiger partial charge is 0.595 e. The molecule has 8 nitrogen and oxygen atoms in total. The highest BCUT2D eigenvalue weighted by atomic mass is 16.8. The molecule has 2 aromatic carbocycles. The number of nitrogen functional groups attached to an aromatic ring is 1. The molecular weight excluding hydrogens is 348 g/mol. The molecule has 0 aliphatic heterocycles. The van der Waals surface area contributed by atoms with Crippen LogP contribution in [0.15, 0.2) is 47.3 Å². The predicted octanol–water partition coefficient (Wildman–Crippen LogP) is 1.11. The molecule has 0 amide bonds. The zero-order valence-electron chi connectivity index (χ0n) is 14.6. The standard InChI is InChI=1S/C19H18N4O4/c1-27-14-4-2-3-12(9-14)7-8-22-18(21)17(11-20)15-6-5-13(23(25)26)10-16(15)19(22)24/h2-6,9-10,23,25H,7-8,21H2,1H3. The Morgan fingerprint density at radius 2 is 2.07 bits per heavy atom. The van der Waals surface area contributed by atoms with Gasteiger partial charge in [0, 0.05) is 24.1 Å². The molecule has 1 aromatic heterocycles. The average molecular weight is 366 g/mol. The number of aromatic nitrogens is 1. The summed E-state index contributed by atoms with van der Waals surface area (Å²) < 4.78 is 6.50. The molecule has 1 atom stereocenters. The van der Waals surface area contributed by atoms with Gasteiger partial charge in [0.2, 0.25) is 0 Å². The Morgan fingerprint density at radius 1 is 1.30 bits per heavy atom. The fourth-order valence-electron chi connectivity index (χ4n) is 3.01. The monoisotopic (exact) mass is 366 g/mol. The summed E-state index contributed by atoms with van der Waals surface area (Å²) in [7, 11) is 1.57. The first-order valence-corrected chi connectivity index (χ1v) is 8.18. The average Bonchev–Trinajstić information content (AvgIpc) is 2.68. The SMILES string of the molecule is COc1cccc(CCn2c(N)c(C#N)c3ccc([NH+]([O-])O)cc3c2=O)c1. The Labute approximate surface area is 154 Å². The Hall–Kier alpha value is -3.38. The molecule has 0 radical (unpaired) electrons. The van der Waals surface area contributed by atoms with E-state index in [1.165, 1.54) is 22.8 Å². The van der Waals surface area contributed by atoms with Gasteiger partial charge in [-0.3, -0.25) is 9.36 Å². The zero-order valence-corrected chi connectivity index (χ0v) is 14.6. The van der Waals surface area contributed by atoms with Gasteiger partial charge in [-0.25, -0.2) is 5.21 Å². The molecule has 3 rings (SSSR count). The molecule has 0 bridgehead atoms. The normalized spacial score (nSPS) is 11.9. The van der Waals surface area contributed by atoms with E-state index in [0.717, 1.165) is 5.56 Å². The summed E-state index contributed by atoms with van der Waals surface area (Å²) in [5.74, 6) is 0.774. The van der Waals surface area contributed by atoms with Crippen molar-refractivity contribution in [2.45, 2.75) is 13.0 Å². The van der Waals surface area contributed by atoms with E-state index < -0.39 is 10.8 Å². The van der Waals surface area contributed by atoms with Crippen LogP contribution in [0.3, 0.4) is 0 Å². The van der Waals surface area contributed by atoms with Crippen LogP contribution in [0.2, 0.25) is 0 Å². The smallest absolute Gasteiger partial charge is 0.260 e.